The highest BCUT2D eigenvalue weighted by molar-refractivity contribution is 5.63. The average molecular weight is 343 g/mol. The molecule has 1 aliphatic heterocycles. The summed E-state index contributed by atoms with van der Waals surface area (Å²) in [4.78, 5) is 0. The van der Waals surface area contributed by atoms with Crippen LogP contribution in [0.1, 0.15) is 38.5 Å². The number of aromatic nitrogens is 3. The average Bonchev–Trinajstić information content (AvgIpc) is 3.38. The second-order valence-electron chi connectivity index (χ2n) is 7.06. The monoisotopic (exact) mass is 343 g/mol. The maximum absolute atomic E-state index is 6.37. The maximum atomic E-state index is 6.37. The van der Waals surface area contributed by atoms with Crippen molar-refractivity contribution < 1.29 is 14.2 Å². The minimum atomic E-state index is 0.164. The van der Waals surface area contributed by atoms with Crippen LogP contribution in [-0.4, -0.2) is 40.9 Å². The Labute approximate surface area is 148 Å². The Morgan fingerprint density at radius 3 is 2.72 bits per heavy atom. The van der Waals surface area contributed by atoms with Crippen molar-refractivity contribution in [3.63, 3.8) is 0 Å². The van der Waals surface area contributed by atoms with Gasteiger partial charge in [0.25, 0.3) is 0 Å². The number of hydrogen-bond acceptors (Lipinski definition) is 5. The van der Waals surface area contributed by atoms with Crippen LogP contribution >= 0.6 is 0 Å². The number of ether oxygens (including phenoxy) is 3. The Morgan fingerprint density at radius 1 is 1.16 bits per heavy atom. The summed E-state index contributed by atoms with van der Waals surface area (Å²) in [5.74, 6) is 1.40. The third-order valence-electron chi connectivity index (χ3n) is 5.46. The van der Waals surface area contributed by atoms with Crippen LogP contribution in [0.2, 0.25) is 0 Å². The van der Waals surface area contributed by atoms with Gasteiger partial charge in [0.1, 0.15) is 5.69 Å². The molecule has 1 aromatic heterocycles. The normalized spacial score (nSPS) is 21.8. The van der Waals surface area contributed by atoms with E-state index in [0.717, 1.165) is 24.2 Å². The van der Waals surface area contributed by atoms with E-state index >= 15 is 0 Å². The quantitative estimate of drug-likeness (QED) is 0.832. The topological polar surface area (TPSA) is 58.4 Å². The maximum Gasteiger partial charge on any atom is 0.161 e. The van der Waals surface area contributed by atoms with E-state index < -0.39 is 0 Å². The predicted molar refractivity (Wildman–Crippen MR) is 93.9 cm³/mol. The van der Waals surface area contributed by atoms with Crippen LogP contribution in [0.3, 0.4) is 0 Å². The lowest BCUT2D eigenvalue weighted by atomic mass is 9.98. The van der Waals surface area contributed by atoms with Crippen LogP contribution < -0.4 is 9.47 Å². The summed E-state index contributed by atoms with van der Waals surface area (Å²) in [7, 11) is 3.27. The van der Waals surface area contributed by atoms with Crippen molar-refractivity contribution in [3.8, 4) is 22.8 Å². The summed E-state index contributed by atoms with van der Waals surface area (Å²) in [6.45, 7) is 0.766. The van der Waals surface area contributed by atoms with Crippen molar-refractivity contribution in [3.05, 3.63) is 24.4 Å². The van der Waals surface area contributed by atoms with E-state index in [-0.39, 0.29) is 11.7 Å². The summed E-state index contributed by atoms with van der Waals surface area (Å²) < 4.78 is 18.9. The van der Waals surface area contributed by atoms with Crippen molar-refractivity contribution in [2.45, 2.75) is 56.8 Å². The molecule has 0 bridgehead atoms. The Balaban J connectivity index is 1.45. The SMILES string of the molecule is COc1ccc(-c2cn(CC3CCC4(CCCC4)O3)nn2)cc1OC. The van der Waals surface area contributed by atoms with Crippen LogP contribution in [0.5, 0.6) is 11.5 Å². The van der Waals surface area contributed by atoms with Crippen LogP contribution in [-0.2, 0) is 11.3 Å². The molecule has 2 aromatic rings. The van der Waals surface area contributed by atoms with Gasteiger partial charge >= 0.3 is 0 Å². The summed E-state index contributed by atoms with van der Waals surface area (Å²) in [6.07, 6.45) is 9.58. The molecule has 0 N–H and O–H groups in total. The van der Waals surface area contributed by atoms with E-state index in [2.05, 4.69) is 10.3 Å². The molecule has 134 valence electrons. The smallest absolute Gasteiger partial charge is 0.161 e. The summed E-state index contributed by atoms with van der Waals surface area (Å²) in [6, 6.07) is 5.78. The van der Waals surface area contributed by atoms with E-state index in [4.69, 9.17) is 14.2 Å². The molecule has 1 aromatic carbocycles. The van der Waals surface area contributed by atoms with Crippen molar-refractivity contribution in [1.82, 2.24) is 15.0 Å². The number of rotatable bonds is 5. The number of methoxy groups -OCH3 is 2. The summed E-state index contributed by atoms with van der Waals surface area (Å²) in [5, 5.41) is 8.59. The van der Waals surface area contributed by atoms with Gasteiger partial charge in [-0.3, -0.25) is 0 Å². The second kappa shape index (κ2) is 6.67. The van der Waals surface area contributed by atoms with Crippen LogP contribution in [0.4, 0.5) is 0 Å². The molecule has 2 aliphatic rings. The van der Waals surface area contributed by atoms with Gasteiger partial charge in [-0.15, -0.1) is 5.10 Å². The molecule has 6 heteroatoms. The zero-order chi connectivity index (χ0) is 17.3. The second-order valence-corrected chi connectivity index (χ2v) is 7.06. The molecule has 6 nitrogen and oxygen atoms in total. The molecule has 25 heavy (non-hydrogen) atoms. The van der Waals surface area contributed by atoms with Crippen LogP contribution in [0, 0.1) is 0 Å². The fourth-order valence-electron chi connectivity index (χ4n) is 4.14. The minimum Gasteiger partial charge on any atom is -0.493 e. The first kappa shape index (κ1) is 16.4. The molecule has 1 saturated carbocycles. The molecule has 4 rings (SSSR count). The number of nitrogens with zero attached hydrogens (tertiary/aromatic N) is 3. The fourth-order valence-corrected chi connectivity index (χ4v) is 4.14. The zero-order valence-corrected chi connectivity index (χ0v) is 14.9. The lowest BCUT2D eigenvalue weighted by Gasteiger charge is -2.23. The number of hydrogen-bond donors (Lipinski definition) is 0. The van der Waals surface area contributed by atoms with Crippen LogP contribution in [0.15, 0.2) is 24.4 Å². The van der Waals surface area contributed by atoms with Crippen molar-refractivity contribution in [2.75, 3.05) is 14.2 Å². The van der Waals surface area contributed by atoms with Gasteiger partial charge in [-0.05, 0) is 43.9 Å². The highest BCUT2D eigenvalue weighted by atomic mass is 16.5. The van der Waals surface area contributed by atoms with E-state index in [1.54, 1.807) is 14.2 Å². The zero-order valence-electron chi connectivity index (χ0n) is 14.9. The van der Waals surface area contributed by atoms with Gasteiger partial charge in [0, 0.05) is 5.56 Å². The summed E-state index contributed by atoms with van der Waals surface area (Å²) in [5.41, 5.74) is 1.95. The van der Waals surface area contributed by atoms with Crippen molar-refractivity contribution in [1.29, 1.82) is 0 Å². The Hall–Kier alpha value is -2.08. The molecule has 1 spiro atoms. The third-order valence-corrected chi connectivity index (χ3v) is 5.46. The molecule has 1 atom stereocenters. The van der Waals surface area contributed by atoms with E-state index in [1.165, 1.54) is 32.1 Å². The Bertz CT molecular complexity index is 737. The van der Waals surface area contributed by atoms with Gasteiger partial charge in [0.15, 0.2) is 11.5 Å². The molecular formula is C19H25N3O3. The predicted octanol–water partition coefficient (Wildman–Crippen LogP) is 3.45. The van der Waals surface area contributed by atoms with Gasteiger partial charge in [-0.1, -0.05) is 18.1 Å². The standard InChI is InChI=1S/C19H25N3O3/c1-23-17-6-5-14(11-18(17)24-2)16-13-22(21-20-16)12-15-7-10-19(25-15)8-3-4-9-19/h5-6,11,13,15H,3-4,7-10,12H2,1-2H3. The number of benzene rings is 1. The van der Waals surface area contributed by atoms with Crippen LogP contribution in [0.25, 0.3) is 11.3 Å². The molecular weight excluding hydrogens is 318 g/mol. The fraction of sp³-hybridized carbons (Fsp3) is 0.579. The van der Waals surface area contributed by atoms with E-state index in [9.17, 15) is 0 Å². The van der Waals surface area contributed by atoms with Gasteiger partial charge in [0.05, 0.1) is 38.7 Å². The van der Waals surface area contributed by atoms with Gasteiger partial charge in [-0.25, -0.2) is 4.68 Å². The van der Waals surface area contributed by atoms with E-state index in [1.807, 2.05) is 29.1 Å². The highest BCUT2D eigenvalue weighted by Gasteiger charge is 2.42. The molecule has 1 aliphatic carbocycles. The Kier molecular flexibility index (Phi) is 4.37. The summed E-state index contributed by atoms with van der Waals surface area (Å²) >= 11 is 0. The molecule has 2 fully saturated rings. The minimum absolute atomic E-state index is 0.164. The van der Waals surface area contributed by atoms with Crippen molar-refractivity contribution in [2.24, 2.45) is 0 Å². The lowest BCUT2D eigenvalue weighted by molar-refractivity contribution is -0.0430. The molecule has 1 unspecified atom stereocenters. The molecule has 2 heterocycles. The first-order valence-electron chi connectivity index (χ1n) is 9.02. The largest absolute Gasteiger partial charge is 0.493 e. The van der Waals surface area contributed by atoms with Crippen molar-refractivity contribution >= 4 is 0 Å². The van der Waals surface area contributed by atoms with E-state index in [0.29, 0.717) is 11.5 Å². The first-order valence-corrected chi connectivity index (χ1v) is 9.02. The third kappa shape index (κ3) is 3.23. The first-order chi connectivity index (χ1) is 12.2. The molecule has 0 amide bonds. The Morgan fingerprint density at radius 2 is 1.96 bits per heavy atom. The highest BCUT2D eigenvalue weighted by Crippen LogP contribution is 2.43. The van der Waals surface area contributed by atoms with Gasteiger partial charge < -0.3 is 14.2 Å². The molecule has 0 radical (unpaired) electrons. The lowest BCUT2D eigenvalue weighted by Crippen LogP contribution is -2.26. The van der Waals surface area contributed by atoms with Gasteiger partial charge in [-0.2, -0.15) is 0 Å². The van der Waals surface area contributed by atoms with Gasteiger partial charge in [0.2, 0.25) is 0 Å². The molecule has 1 saturated heterocycles.